The summed E-state index contributed by atoms with van der Waals surface area (Å²) in [4.78, 5) is 12.1. The van der Waals surface area contributed by atoms with Crippen LogP contribution in [0, 0.1) is 5.92 Å². The molecule has 0 saturated heterocycles. The summed E-state index contributed by atoms with van der Waals surface area (Å²) in [6, 6.07) is 10.1. The summed E-state index contributed by atoms with van der Waals surface area (Å²) in [5.74, 6) is 0.519. The van der Waals surface area contributed by atoms with E-state index in [1.807, 2.05) is 25.1 Å². The molecule has 0 aliphatic heterocycles. The average Bonchev–Trinajstić information content (AvgIpc) is 2.41. The van der Waals surface area contributed by atoms with Gasteiger partial charge in [0.1, 0.15) is 5.78 Å². The Balaban J connectivity index is 2.31. The molecule has 1 atom stereocenters. The molecular weight excluding hydrogens is 208 g/mol. The second-order valence-corrected chi connectivity index (χ2v) is 4.38. The molecular formula is C16H18O. The third kappa shape index (κ3) is 2.73. The topological polar surface area (TPSA) is 17.1 Å². The maximum atomic E-state index is 12.1. The summed E-state index contributed by atoms with van der Waals surface area (Å²) >= 11 is 0. The maximum absolute atomic E-state index is 12.1. The molecule has 0 radical (unpaired) electrons. The zero-order valence-electron chi connectivity index (χ0n) is 10.2. The highest BCUT2D eigenvalue weighted by Crippen LogP contribution is 2.30. The summed E-state index contributed by atoms with van der Waals surface area (Å²) in [7, 11) is 0. The number of carbonyl (C=O) groups excluding carboxylic acids is 1. The van der Waals surface area contributed by atoms with E-state index < -0.39 is 0 Å². The average molecular weight is 226 g/mol. The van der Waals surface area contributed by atoms with Crippen LogP contribution < -0.4 is 0 Å². The summed E-state index contributed by atoms with van der Waals surface area (Å²) < 4.78 is 0. The Morgan fingerprint density at radius 1 is 1.24 bits per heavy atom. The van der Waals surface area contributed by atoms with Gasteiger partial charge in [-0.25, -0.2) is 0 Å². The second-order valence-electron chi connectivity index (χ2n) is 4.38. The molecule has 0 bridgehead atoms. The van der Waals surface area contributed by atoms with Crippen LogP contribution in [0.2, 0.25) is 0 Å². The number of hydrogen-bond donors (Lipinski definition) is 0. The number of Topliss-reactive ketones (excluding diaryl/α,β-unsaturated/α-hetero) is 1. The molecule has 0 spiro atoms. The number of benzene rings is 1. The lowest BCUT2D eigenvalue weighted by Gasteiger charge is -2.22. The minimum atomic E-state index is -0.0194. The fourth-order valence-corrected chi connectivity index (χ4v) is 2.34. The molecule has 1 heteroatoms. The molecule has 1 aliphatic carbocycles. The first-order valence-electron chi connectivity index (χ1n) is 6.24. The van der Waals surface area contributed by atoms with E-state index in [4.69, 9.17) is 0 Å². The van der Waals surface area contributed by atoms with E-state index >= 15 is 0 Å². The smallest absolute Gasteiger partial charge is 0.140 e. The number of carbonyl (C=O) groups is 1. The fourth-order valence-electron chi connectivity index (χ4n) is 2.34. The molecule has 88 valence electrons. The lowest BCUT2D eigenvalue weighted by Crippen LogP contribution is -2.19. The van der Waals surface area contributed by atoms with Crippen LogP contribution in [-0.2, 0) is 4.79 Å². The Kier molecular flexibility index (Phi) is 3.92. The quantitative estimate of drug-likeness (QED) is 0.712. The SMILES string of the molecule is CCC(=O)C(c1ccccc1)C1C=CCC=C1. The van der Waals surface area contributed by atoms with E-state index in [1.165, 1.54) is 0 Å². The van der Waals surface area contributed by atoms with E-state index in [2.05, 4.69) is 36.4 Å². The second kappa shape index (κ2) is 5.62. The van der Waals surface area contributed by atoms with Crippen molar-refractivity contribution in [1.82, 2.24) is 0 Å². The zero-order chi connectivity index (χ0) is 12.1. The van der Waals surface area contributed by atoms with Gasteiger partial charge in [-0.3, -0.25) is 4.79 Å². The molecule has 17 heavy (non-hydrogen) atoms. The van der Waals surface area contributed by atoms with Gasteiger partial charge in [-0.1, -0.05) is 61.6 Å². The van der Waals surface area contributed by atoms with Gasteiger partial charge in [0, 0.05) is 12.3 Å². The third-order valence-electron chi connectivity index (χ3n) is 3.23. The first-order chi connectivity index (χ1) is 8.33. The lowest BCUT2D eigenvalue weighted by atomic mass is 9.80. The summed E-state index contributed by atoms with van der Waals surface area (Å²) in [6.45, 7) is 1.94. The molecule has 1 nitrogen and oxygen atoms in total. The molecule has 2 rings (SSSR count). The van der Waals surface area contributed by atoms with Gasteiger partial charge in [0.25, 0.3) is 0 Å². The summed E-state index contributed by atoms with van der Waals surface area (Å²) in [6.07, 6.45) is 10.2. The minimum absolute atomic E-state index is 0.0194. The van der Waals surface area contributed by atoms with Gasteiger partial charge < -0.3 is 0 Å². The largest absolute Gasteiger partial charge is 0.299 e. The molecule has 1 aliphatic rings. The molecule has 1 aromatic rings. The van der Waals surface area contributed by atoms with E-state index in [1.54, 1.807) is 0 Å². The fraction of sp³-hybridized carbons (Fsp3) is 0.312. The molecule has 0 aromatic heterocycles. The van der Waals surface area contributed by atoms with Gasteiger partial charge in [-0.15, -0.1) is 0 Å². The number of hydrogen-bond acceptors (Lipinski definition) is 1. The predicted molar refractivity (Wildman–Crippen MR) is 70.9 cm³/mol. The van der Waals surface area contributed by atoms with Crippen LogP contribution in [0.3, 0.4) is 0 Å². The standard InChI is InChI=1S/C16H18O/c1-2-15(17)16(13-9-5-3-6-10-13)14-11-7-4-8-12-14/h3,5-12,14,16H,2,4H2,1H3. The van der Waals surface area contributed by atoms with Crippen molar-refractivity contribution in [3.8, 4) is 0 Å². The van der Waals surface area contributed by atoms with Crippen molar-refractivity contribution in [1.29, 1.82) is 0 Å². The Bertz CT molecular complexity index is 416. The monoisotopic (exact) mass is 226 g/mol. The zero-order valence-corrected chi connectivity index (χ0v) is 10.2. The highest BCUT2D eigenvalue weighted by atomic mass is 16.1. The van der Waals surface area contributed by atoms with Crippen LogP contribution in [0.4, 0.5) is 0 Å². The van der Waals surface area contributed by atoms with Crippen molar-refractivity contribution in [3.05, 3.63) is 60.2 Å². The molecule has 1 unspecified atom stereocenters. The van der Waals surface area contributed by atoms with E-state index in [0.29, 0.717) is 12.2 Å². The third-order valence-corrected chi connectivity index (χ3v) is 3.23. The number of ketones is 1. The van der Waals surface area contributed by atoms with E-state index in [0.717, 1.165) is 12.0 Å². The predicted octanol–water partition coefficient (Wildman–Crippen LogP) is 3.88. The first-order valence-corrected chi connectivity index (χ1v) is 6.24. The Morgan fingerprint density at radius 2 is 1.88 bits per heavy atom. The Labute approximate surface area is 103 Å². The molecule has 0 heterocycles. The molecule has 0 N–H and O–H groups in total. The van der Waals surface area contributed by atoms with Crippen LogP contribution in [-0.4, -0.2) is 5.78 Å². The van der Waals surface area contributed by atoms with Gasteiger partial charge >= 0.3 is 0 Å². The minimum Gasteiger partial charge on any atom is -0.299 e. The number of rotatable bonds is 4. The number of allylic oxidation sites excluding steroid dienone is 4. The molecule has 1 aromatic carbocycles. The van der Waals surface area contributed by atoms with Crippen molar-refractivity contribution in [2.75, 3.05) is 0 Å². The van der Waals surface area contributed by atoms with Crippen molar-refractivity contribution in [2.45, 2.75) is 25.7 Å². The summed E-state index contributed by atoms with van der Waals surface area (Å²) in [5.41, 5.74) is 1.13. The first kappa shape index (κ1) is 11.8. The van der Waals surface area contributed by atoms with Gasteiger partial charge in [0.2, 0.25) is 0 Å². The van der Waals surface area contributed by atoms with E-state index in [9.17, 15) is 4.79 Å². The van der Waals surface area contributed by atoms with E-state index in [-0.39, 0.29) is 11.8 Å². The van der Waals surface area contributed by atoms with Crippen LogP contribution in [0.15, 0.2) is 54.6 Å². The Morgan fingerprint density at radius 3 is 2.47 bits per heavy atom. The van der Waals surface area contributed by atoms with Crippen LogP contribution in [0.1, 0.15) is 31.2 Å². The van der Waals surface area contributed by atoms with Crippen LogP contribution >= 0.6 is 0 Å². The molecule has 0 saturated carbocycles. The van der Waals surface area contributed by atoms with Gasteiger partial charge in [-0.2, -0.15) is 0 Å². The maximum Gasteiger partial charge on any atom is 0.140 e. The van der Waals surface area contributed by atoms with Gasteiger partial charge in [-0.05, 0) is 12.0 Å². The van der Waals surface area contributed by atoms with Crippen molar-refractivity contribution in [2.24, 2.45) is 5.92 Å². The normalized spacial score (nSPS) is 17.0. The summed E-state index contributed by atoms with van der Waals surface area (Å²) in [5, 5.41) is 0. The van der Waals surface area contributed by atoms with Gasteiger partial charge in [0.05, 0.1) is 5.92 Å². The lowest BCUT2D eigenvalue weighted by molar-refractivity contribution is -0.120. The Hall–Kier alpha value is -1.63. The van der Waals surface area contributed by atoms with Crippen LogP contribution in [0.5, 0.6) is 0 Å². The van der Waals surface area contributed by atoms with Gasteiger partial charge in [0.15, 0.2) is 0 Å². The van der Waals surface area contributed by atoms with Crippen molar-refractivity contribution in [3.63, 3.8) is 0 Å². The van der Waals surface area contributed by atoms with Crippen molar-refractivity contribution < 1.29 is 4.79 Å². The highest BCUT2D eigenvalue weighted by molar-refractivity contribution is 5.86. The molecule has 0 fully saturated rings. The van der Waals surface area contributed by atoms with Crippen LogP contribution in [0.25, 0.3) is 0 Å². The van der Waals surface area contributed by atoms with Crippen molar-refractivity contribution >= 4 is 5.78 Å². The molecule has 0 amide bonds. The highest BCUT2D eigenvalue weighted by Gasteiger charge is 2.25.